The Kier molecular flexibility index (Phi) is 5.68. The Balaban J connectivity index is 1.46. The first-order valence-corrected chi connectivity index (χ1v) is 9.25. The average molecular weight is 372 g/mol. The van der Waals surface area contributed by atoms with E-state index in [1.807, 2.05) is 31.2 Å². The van der Waals surface area contributed by atoms with Gasteiger partial charge in [0, 0.05) is 17.4 Å². The SMILES string of the molecule is Cc1ccc(NC(=O)CS[C@@H](C)C(=O)Nc2ccc3c(c2)OCO3)cc1. The van der Waals surface area contributed by atoms with Crippen LogP contribution in [-0.4, -0.2) is 29.6 Å². The minimum absolute atomic E-state index is 0.137. The van der Waals surface area contributed by atoms with Crippen LogP contribution < -0.4 is 20.1 Å². The molecule has 0 aromatic heterocycles. The molecule has 0 unspecified atom stereocenters. The summed E-state index contributed by atoms with van der Waals surface area (Å²) in [5.74, 6) is 1.17. The zero-order valence-electron chi connectivity index (χ0n) is 14.6. The number of hydrogen-bond donors (Lipinski definition) is 2. The van der Waals surface area contributed by atoms with E-state index in [1.165, 1.54) is 11.8 Å². The van der Waals surface area contributed by atoms with Crippen molar-refractivity contribution >= 4 is 35.0 Å². The van der Waals surface area contributed by atoms with Crippen LogP contribution in [0.2, 0.25) is 0 Å². The highest BCUT2D eigenvalue weighted by Crippen LogP contribution is 2.34. The molecule has 0 fully saturated rings. The lowest BCUT2D eigenvalue weighted by Gasteiger charge is -2.12. The molecule has 3 rings (SSSR count). The van der Waals surface area contributed by atoms with Crippen molar-refractivity contribution < 1.29 is 19.1 Å². The van der Waals surface area contributed by atoms with E-state index in [-0.39, 0.29) is 29.6 Å². The maximum atomic E-state index is 12.3. The summed E-state index contributed by atoms with van der Waals surface area (Å²) in [6.07, 6.45) is 0. The van der Waals surface area contributed by atoms with E-state index in [0.29, 0.717) is 17.2 Å². The molecule has 26 heavy (non-hydrogen) atoms. The third kappa shape index (κ3) is 4.70. The van der Waals surface area contributed by atoms with E-state index in [0.717, 1.165) is 11.3 Å². The van der Waals surface area contributed by atoms with Crippen LogP contribution in [0.25, 0.3) is 0 Å². The number of aryl methyl sites for hydroxylation is 1. The van der Waals surface area contributed by atoms with Gasteiger partial charge in [-0.3, -0.25) is 9.59 Å². The highest BCUT2D eigenvalue weighted by atomic mass is 32.2. The number of carbonyl (C=O) groups excluding carboxylic acids is 2. The first-order chi connectivity index (χ1) is 12.5. The molecule has 0 saturated carbocycles. The molecule has 7 heteroatoms. The zero-order chi connectivity index (χ0) is 18.5. The Morgan fingerprint density at radius 1 is 1.04 bits per heavy atom. The topological polar surface area (TPSA) is 76.7 Å². The number of hydrogen-bond acceptors (Lipinski definition) is 5. The molecule has 1 aliphatic rings. The summed E-state index contributed by atoms with van der Waals surface area (Å²) in [5, 5.41) is 5.27. The van der Waals surface area contributed by atoms with E-state index in [9.17, 15) is 9.59 Å². The summed E-state index contributed by atoms with van der Waals surface area (Å²) in [6, 6.07) is 12.8. The lowest BCUT2D eigenvalue weighted by atomic mass is 10.2. The quantitative estimate of drug-likeness (QED) is 0.812. The highest BCUT2D eigenvalue weighted by Gasteiger charge is 2.18. The van der Waals surface area contributed by atoms with E-state index in [2.05, 4.69) is 10.6 Å². The molecule has 1 atom stereocenters. The number of benzene rings is 2. The molecule has 1 heterocycles. The van der Waals surface area contributed by atoms with Crippen molar-refractivity contribution in [3.63, 3.8) is 0 Å². The number of anilines is 2. The molecule has 1 aliphatic heterocycles. The minimum Gasteiger partial charge on any atom is -0.454 e. The van der Waals surface area contributed by atoms with Crippen molar-refractivity contribution in [2.75, 3.05) is 23.2 Å². The van der Waals surface area contributed by atoms with Gasteiger partial charge in [-0.05, 0) is 38.1 Å². The van der Waals surface area contributed by atoms with E-state index >= 15 is 0 Å². The number of nitrogens with one attached hydrogen (secondary N) is 2. The molecule has 136 valence electrons. The van der Waals surface area contributed by atoms with Gasteiger partial charge in [0.2, 0.25) is 18.6 Å². The molecular formula is C19H20N2O4S. The predicted octanol–water partition coefficient (Wildman–Crippen LogP) is 3.42. The summed E-state index contributed by atoms with van der Waals surface area (Å²) >= 11 is 1.28. The van der Waals surface area contributed by atoms with E-state index in [1.54, 1.807) is 25.1 Å². The van der Waals surface area contributed by atoms with Crippen molar-refractivity contribution in [3.8, 4) is 11.5 Å². The van der Waals surface area contributed by atoms with Gasteiger partial charge in [0.15, 0.2) is 11.5 Å². The van der Waals surface area contributed by atoms with Crippen LogP contribution in [-0.2, 0) is 9.59 Å². The molecular weight excluding hydrogens is 352 g/mol. The Morgan fingerprint density at radius 3 is 2.50 bits per heavy atom. The van der Waals surface area contributed by atoms with Gasteiger partial charge in [-0.15, -0.1) is 11.8 Å². The normalized spacial score (nSPS) is 13.2. The number of thioether (sulfide) groups is 1. The third-order valence-electron chi connectivity index (χ3n) is 3.81. The van der Waals surface area contributed by atoms with Crippen LogP contribution in [0.15, 0.2) is 42.5 Å². The van der Waals surface area contributed by atoms with Crippen molar-refractivity contribution in [1.29, 1.82) is 0 Å². The Morgan fingerprint density at radius 2 is 1.73 bits per heavy atom. The third-order valence-corrected chi connectivity index (χ3v) is 4.95. The number of ether oxygens (including phenoxy) is 2. The molecule has 2 amide bonds. The van der Waals surface area contributed by atoms with Gasteiger partial charge < -0.3 is 20.1 Å². The molecule has 0 spiro atoms. The van der Waals surface area contributed by atoms with Gasteiger partial charge >= 0.3 is 0 Å². The fraction of sp³-hybridized carbons (Fsp3) is 0.263. The van der Waals surface area contributed by atoms with Crippen LogP contribution in [0.5, 0.6) is 11.5 Å². The van der Waals surface area contributed by atoms with Crippen LogP contribution in [0, 0.1) is 6.92 Å². The predicted molar refractivity (Wildman–Crippen MR) is 103 cm³/mol. The molecule has 6 nitrogen and oxygen atoms in total. The van der Waals surface area contributed by atoms with Crippen LogP contribution in [0.1, 0.15) is 12.5 Å². The number of carbonyl (C=O) groups is 2. The van der Waals surface area contributed by atoms with Crippen molar-refractivity contribution in [2.45, 2.75) is 19.1 Å². The molecule has 0 saturated heterocycles. The summed E-state index contributed by atoms with van der Waals surface area (Å²) < 4.78 is 10.5. The Bertz CT molecular complexity index is 808. The molecule has 0 bridgehead atoms. The van der Waals surface area contributed by atoms with Crippen LogP contribution >= 0.6 is 11.8 Å². The zero-order valence-corrected chi connectivity index (χ0v) is 15.4. The Labute approximate surface area is 156 Å². The summed E-state index contributed by atoms with van der Waals surface area (Å²) in [5.41, 5.74) is 2.51. The molecule has 2 aromatic rings. The summed E-state index contributed by atoms with van der Waals surface area (Å²) in [7, 11) is 0. The molecule has 0 aliphatic carbocycles. The second-order valence-corrected chi connectivity index (χ2v) is 7.25. The summed E-state index contributed by atoms with van der Waals surface area (Å²) in [4.78, 5) is 24.3. The van der Waals surface area contributed by atoms with E-state index < -0.39 is 0 Å². The average Bonchev–Trinajstić information content (AvgIpc) is 3.09. The van der Waals surface area contributed by atoms with E-state index in [4.69, 9.17) is 9.47 Å². The van der Waals surface area contributed by atoms with Gasteiger partial charge in [-0.1, -0.05) is 17.7 Å². The fourth-order valence-corrected chi connectivity index (χ4v) is 3.01. The first kappa shape index (κ1) is 18.1. The van der Waals surface area contributed by atoms with Gasteiger partial charge in [0.05, 0.1) is 11.0 Å². The molecule has 2 aromatic carbocycles. The number of amides is 2. The lowest BCUT2D eigenvalue weighted by Crippen LogP contribution is -2.25. The largest absolute Gasteiger partial charge is 0.454 e. The first-order valence-electron chi connectivity index (χ1n) is 8.20. The van der Waals surface area contributed by atoms with Gasteiger partial charge in [-0.2, -0.15) is 0 Å². The maximum absolute atomic E-state index is 12.3. The van der Waals surface area contributed by atoms with Crippen molar-refractivity contribution in [2.24, 2.45) is 0 Å². The second kappa shape index (κ2) is 8.14. The Hall–Kier alpha value is -2.67. The highest BCUT2D eigenvalue weighted by molar-refractivity contribution is 8.01. The lowest BCUT2D eigenvalue weighted by molar-refractivity contribution is -0.115. The second-order valence-electron chi connectivity index (χ2n) is 5.92. The van der Waals surface area contributed by atoms with Gasteiger partial charge in [-0.25, -0.2) is 0 Å². The minimum atomic E-state index is -0.371. The number of fused-ring (bicyclic) bond motifs is 1. The van der Waals surface area contributed by atoms with Gasteiger partial charge in [0.1, 0.15) is 0 Å². The maximum Gasteiger partial charge on any atom is 0.237 e. The standard InChI is InChI=1S/C19H20N2O4S/c1-12-3-5-14(6-4-12)20-18(22)10-26-13(2)19(23)21-15-7-8-16-17(9-15)25-11-24-16/h3-9,13H,10-11H2,1-2H3,(H,20,22)(H,21,23)/t13-/m0/s1. The molecule has 0 radical (unpaired) electrons. The van der Waals surface area contributed by atoms with Crippen LogP contribution in [0.3, 0.4) is 0 Å². The van der Waals surface area contributed by atoms with Crippen molar-refractivity contribution in [1.82, 2.24) is 0 Å². The fourth-order valence-electron chi connectivity index (χ4n) is 2.33. The molecule has 2 N–H and O–H groups in total. The van der Waals surface area contributed by atoms with Crippen molar-refractivity contribution in [3.05, 3.63) is 48.0 Å². The van der Waals surface area contributed by atoms with Crippen LogP contribution in [0.4, 0.5) is 11.4 Å². The number of rotatable bonds is 6. The smallest absolute Gasteiger partial charge is 0.237 e. The van der Waals surface area contributed by atoms with Gasteiger partial charge in [0.25, 0.3) is 0 Å². The summed E-state index contributed by atoms with van der Waals surface area (Å²) in [6.45, 7) is 3.95. The monoisotopic (exact) mass is 372 g/mol.